The third-order valence-corrected chi connectivity index (χ3v) is 4.39. The van der Waals surface area contributed by atoms with E-state index in [1.165, 1.54) is 23.2 Å². The molecule has 1 unspecified atom stereocenters. The van der Waals surface area contributed by atoms with E-state index in [9.17, 15) is 0 Å². The molecule has 0 saturated carbocycles. The minimum absolute atomic E-state index is 0.146. The Balaban J connectivity index is 2.40. The lowest BCUT2D eigenvalue weighted by Crippen LogP contribution is -2.50. The number of allylic oxidation sites excluding steroid dienone is 1. The van der Waals surface area contributed by atoms with E-state index < -0.39 is 0 Å². The fraction of sp³-hybridized carbons (Fsp3) is 0.579. The highest BCUT2D eigenvalue weighted by Crippen LogP contribution is 2.34. The molecule has 0 aromatic heterocycles. The van der Waals surface area contributed by atoms with Crippen LogP contribution < -0.4 is 10.2 Å². The molecule has 116 valence electrons. The van der Waals surface area contributed by atoms with Crippen LogP contribution in [-0.4, -0.2) is 25.7 Å². The Morgan fingerprint density at radius 1 is 1.38 bits per heavy atom. The Morgan fingerprint density at radius 2 is 2.10 bits per heavy atom. The molecule has 1 aliphatic heterocycles. The van der Waals surface area contributed by atoms with Gasteiger partial charge in [-0.3, -0.25) is 0 Å². The van der Waals surface area contributed by atoms with Gasteiger partial charge in [-0.1, -0.05) is 45.9 Å². The molecule has 2 heteroatoms. The van der Waals surface area contributed by atoms with E-state index in [-0.39, 0.29) is 5.41 Å². The predicted molar refractivity (Wildman–Crippen MR) is 94.1 cm³/mol. The summed E-state index contributed by atoms with van der Waals surface area (Å²) in [5.41, 5.74) is 5.37. The molecule has 1 fully saturated rings. The number of hydrogen-bond donors (Lipinski definition) is 1. The van der Waals surface area contributed by atoms with Gasteiger partial charge in [-0.25, -0.2) is 0 Å². The van der Waals surface area contributed by atoms with Crippen LogP contribution in [0.15, 0.2) is 24.8 Å². The second-order valence-electron chi connectivity index (χ2n) is 7.27. The van der Waals surface area contributed by atoms with Crippen LogP contribution in [0.1, 0.15) is 52.2 Å². The van der Waals surface area contributed by atoms with Crippen LogP contribution in [0.25, 0.3) is 5.57 Å². The molecular weight excluding hydrogens is 256 g/mol. The molecule has 0 amide bonds. The second-order valence-corrected chi connectivity index (χ2v) is 7.27. The maximum atomic E-state index is 4.09. The molecule has 1 N–H and O–H groups in total. The maximum absolute atomic E-state index is 4.09. The van der Waals surface area contributed by atoms with Crippen LogP contribution in [0, 0.1) is 0 Å². The van der Waals surface area contributed by atoms with Gasteiger partial charge in [0.2, 0.25) is 0 Å². The minimum atomic E-state index is 0.146. The second kappa shape index (κ2) is 6.23. The number of nitrogens with one attached hydrogen (secondary N) is 1. The lowest BCUT2D eigenvalue weighted by molar-refractivity contribution is 0.444. The number of hydrogen-bond acceptors (Lipinski definition) is 2. The molecule has 2 nitrogen and oxygen atoms in total. The normalized spacial score (nSPS) is 19.7. The fourth-order valence-electron chi connectivity index (χ4n) is 3.00. The maximum Gasteiger partial charge on any atom is 0.0405 e. The smallest absolute Gasteiger partial charge is 0.0405 e. The Labute approximate surface area is 130 Å². The third-order valence-electron chi connectivity index (χ3n) is 4.39. The van der Waals surface area contributed by atoms with Gasteiger partial charge in [0.05, 0.1) is 0 Å². The molecule has 1 heterocycles. The zero-order chi connectivity index (χ0) is 15.6. The van der Waals surface area contributed by atoms with Crippen molar-refractivity contribution in [3.8, 4) is 0 Å². The van der Waals surface area contributed by atoms with Gasteiger partial charge >= 0.3 is 0 Å². The van der Waals surface area contributed by atoms with Gasteiger partial charge in [-0.05, 0) is 42.0 Å². The van der Waals surface area contributed by atoms with Crippen molar-refractivity contribution in [3.05, 3.63) is 35.9 Å². The SMILES string of the molecule is C=C(C)c1ccc(N2CCNC(CC)C2)c(C(C)(C)C)c1. The molecule has 0 radical (unpaired) electrons. The van der Waals surface area contributed by atoms with Crippen molar-refractivity contribution < 1.29 is 0 Å². The van der Waals surface area contributed by atoms with Crippen LogP contribution in [0.5, 0.6) is 0 Å². The first-order valence-corrected chi connectivity index (χ1v) is 8.11. The van der Waals surface area contributed by atoms with Crippen molar-refractivity contribution in [2.75, 3.05) is 24.5 Å². The van der Waals surface area contributed by atoms with Crippen LogP contribution in [0.2, 0.25) is 0 Å². The van der Waals surface area contributed by atoms with Gasteiger partial charge < -0.3 is 10.2 Å². The monoisotopic (exact) mass is 286 g/mol. The summed E-state index contributed by atoms with van der Waals surface area (Å²) in [6.07, 6.45) is 1.19. The number of anilines is 1. The Kier molecular flexibility index (Phi) is 4.77. The molecule has 1 aromatic rings. The van der Waals surface area contributed by atoms with Gasteiger partial charge in [0.25, 0.3) is 0 Å². The largest absolute Gasteiger partial charge is 0.368 e. The van der Waals surface area contributed by atoms with Crippen molar-refractivity contribution in [2.24, 2.45) is 0 Å². The van der Waals surface area contributed by atoms with E-state index >= 15 is 0 Å². The van der Waals surface area contributed by atoms with Crippen molar-refractivity contribution in [1.29, 1.82) is 0 Å². The van der Waals surface area contributed by atoms with Crippen LogP contribution in [0.3, 0.4) is 0 Å². The first kappa shape index (κ1) is 16.1. The third kappa shape index (κ3) is 3.68. The van der Waals surface area contributed by atoms with Crippen LogP contribution in [0.4, 0.5) is 5.69 Å². The predicted octanol–water partition coefficient (Wildman–Crippen LogP) is 4.21. The molecule has 0 spiro atoms. The van der Waals surface area contributed by atoms with E-state index in [2.05, 4.69) is 69.6 Å². The van der Waals surface area contributed by atoms with Crippen molar-refractivity contribution in [2.45, 2.75) is 52.5 Å². The summed E-state index contributed by atoms with van der Waals surface area (Å²) in [7, 11) is 0. The highest BCUT2D eigenvalue weighted by Gasteiger charge is 2.25. The summed E-state index contributed by atoms with van der Waals surface area (Å²) < 4.78 is 0. The molecule has 1 aliphatic rings. The van der Waals surface area contributed by atoms with Crippen molar-refractivity contribution in [1.82, 2.24) is 5.32 Å². The summed E-state index contributed by atoms with van der Waals surface area (Å²) >= 11 is 0. The summed E-state index contributed by atoms with van der Waals surface area (Å²) in [5, 5.41) is 3.60. The van der Waals surface area contributed by atoms with Crippen molar-refractivity contribution >= 4 is 11.3 Å². The molecule has 21 heavy (non-hydrogen) atoms. The first-order chi connectivity index (χ1) is 9.82. The Hall–Kier alpha value is -1.28. The summed E-state index contributed by atoms with van der Waals surface area (Å²) in [4.78, 5) is 2.55. The number of piperazine rings is 1. The van der Waals surface area contributed by atoms with Crippen LogP contribution >= 0.6 is 0 Å². The molecular formula is C19H30N2. The molecule has 1 atom stereocenters. The van der Waals surface area contributed by atoms with Gasteiger partial charge in [-0.2, -0.15) is 0 Å². The lowest BCUT2D eigenvalue weighted by Gasteiger charge is -2.38. The molecule has 1 saturated heterocycles. The van der Waals surface area contributed by atoms with Crippen molar-refractivity contribution in [3.63, 3.8) is 0 Å². The number of benzene rings is 1. The standard InChI is InChI=1S/C19H30N2/c1-7-16-13-21(11-10-20-16)18-9-8-15(14(2)3)12-17(18)19(4,5)6/h8-9,12,16,20H,2,7,10-11,13H2,1,3-6H3. The van der Waals surface area contributed by atoms with E-state index in [0.717, 1.165) is 25.2 Å². The number of nitrogens with zero attached hydrogens (tertiary/aromatic N) is 1. The molecule has 0 bridgehead atoms. The zero-order valence-corrected chi connectivity index (χ0v) is 14.3. The molecule has 2 rings (SSSR count). The van der Waals surface area contributed by atoms with Gasteiger partial charge in [-0.15, -0.1) is 0 Å². The van der Waals surface area contributed by atoms with Crippen LogP contribution in [-0.2, 0) is 5.41 Å². The first-order valence-electron chi connectivity index (χ1n) is 8.11. The molecule has 0 aliphatic carbocycles. The Bertz CT molecular complexity index is 511. The minimum Gasteiger partial charge on any atom is -0.368 e. The van der Waals surface area contributed by atoms with Gasteiger partial charge in [0.1, 0.15) is 0 Å². The average molecular weight is 286 g/mol. The zero-order valence-electron chi connectivity index (χ0n) is 14.3. The van der Waals surface area contributed by atoms with Gasteiger partial charge in [0.15, 0.2) is 0 Å². The highest BCUT2D eigenvalue weighted by atomic mass is 15.2. The van der Waals surface area contributed by atoms with E-state index in [0.29, 0.717) is 6.04 Å². The summed E-state index contributed by atoms with van der Waals surface area (Å²) in [6, 6.07) is 7.45. The van der Waals surface area contributed by atoms with E-state index in [1.807, 2.05) is 0 Å². The topological polar surface area (TPSA) is 15.3 Å². The quantitative estimate of drug-likeness (QED) is 0.895. The fourth-order valence-corrected chi connectivity index (χ4v) is 3.00. The van der Waals surface area contributed by atoms with E-state index in [4.69, 9.17) is 0 Å². The van der Waals surface area contributed by atoms with E-state index in [1.54, 1.807) is 0 Å². The highest BCUT2D eigenvalue weighted by molar-refractivity contribution is 5.68. The Morgan fingerprint density at radius 3 is 2.67 bits per heavy atom. The molecule has 1 aromatic carbocycles. The summed E-state index contributed by atoms with van der Waals surface area (Å²) in [6.45, 7) is 18.6. The number of rotatable bonds is 3. The van der Waals surface area contributed by atoms with Gasteiger partial charge in [0, 0.05) is 31.4 Å². The lowest BCUT2D eigenvalue weighted by atomic mass is 9.83. The summed E-state index contributed by atoms with van der Waals surface area (Å²) in [5.74, 6) is 0. The average Bonchev–Trinajstić information content (AvgIpc) is 2.45.